The van der Waals surface area contributed by atoms with E-state index in [2.05, 4.69) is 5.32 Å². The Morgan fingerprint density at radius 1 is 1.05 bits per heavy atom. The lowest BCUT2D eigenvalue weighted by Crippen LogP contribution is -2.18. The van der Waals surface area contributed by atoms with Crippen LogP contribution >= 0.6 is 0 Å². The summed E-state index contributed by atoms with van der Waals surface area (Å²) in [6.45, 7) is 4.45. The third kappa shape index (κ3) is 3.36. The second kappa shape index (κ2) is 6.63. The first-order chi connectivity index (χ1) is 10.0. The maximum absolute atomic E-state index is 14.0. The highest BCUT2D eigenvalue weighted by atomic mass is 19.2. The van der Waals surface area contributed by atoms with E-state index in [1.54, 1.807) is 12.1 Å². The highest BCUT2D eigenvalue weighted by Crippen LogP contribution is 2.33. The Labute approximate surface area is 121 Å². The van der Waals surface area contributed by atoms with E-state index in [9.17, 15) is 13.2 Å². The molecule has 1 atom stereocenters. The van der Waals surface area contributed by atoms with Gasteiger partial charge in [-0.3, -0.25) is 0 Å². The molecule has 112 valence electrons. The second-order valence-corrected chi connectivity index (χ2v) is 4.59. The van der Waals surface area contributed by atoms with Crippen LogP contribution in [0.1, 0.15) is 25.5 Å². The van der Waals surface area contributed by atoms with E-state index in [1.165, 1.54) is 18.2 Å². The highest BCUT2D eigenvalue weighted by molar-refractivity contribution is 5.41. The normalized spacial score (nSPS) is 12.2. The van der Waals surface area contributed by atoms with Crippen molar-refractivity contribution in [2.75, 3.05) is 6.54 Å². The lowest BCUT2D eigenvalue weighted by atomic mass is 10.1. The average molecular weight is 295 g/mol. The molecule has 0 spiro atoms. The van der Waals surface area contributed by atoms with Crippen molar-refractivity contribution in [1.82, 2.24) is 5.32 Å². The van der Waals surface area contributed by atoms with Crippen molar-refractivity contribution in [3.63, 3.8) is 0 Å². The van der Waals surface area contributed by atoms with Gasteiger partial charge in [0.15, 0.2) is 23.1 Å². The van der Waals surface area contributed by atoms with Crippen LogP contribution < -0.4 is 10.1 Å². The molecule has 2 rings (SSSR count). The van der Waals surface area contributed by atoms with Crippen molar-refractivity contribution in [2.24, 2.45) is 0 Å². The molecule has 0 bridgehead atoms. The Morgan fingerprint density at radius 3 is 2.43 bits per heavy atom. The van der Waals surface area contributed by atoms with E-state index in [0.29, 0.717) is 12.1 Å². The van der Waals surface area contributed by atoms with Crippen molar-refractivity contribution in [3.8, 4) is 11.5 Å². The van der Waals surface area contributed by atoms with Crippen molar-refractivity contribution >= 4 is 0 Å². The minimum Gasteiger partial charge on any atom is -0.451 e. The van der Waals surface area contributed by atoms with Gasteiger partial charge in [-0.1, -0.05) is 25.1 Å². The highest BCUT2D eigenvalue weighted by Gasteiger charge is 2.18. The van der Waals surface area contributed by atoms with Gasteiger partial charge in [-0.25, -0.2) is 8.78 Å². The predicted octanol–water partition coefficient (Wildman–Crippen LogP) is 4.57. The van der Waals surface area contributed by atoms with E-state index in [-0.39, 0.29) is 17.5 Å². The quantitative estimate of drug-likeness (QED) is 0.872. The zero-order valence-electron chi connectivity index (χ0n) is 11.8. The summed E-state index contributed by atoms with van der Waals surface area (Å²) in [5, 5.41) is 3.13. The zero-order chi connectivity index (χ0) is 15.4. The summed E-state index contributed by atoms with van der Waals surface area (Å²) in [5.74, 6) is -3.24. The summed E-state index contributed by atoms with van der Waals surface area (Å²) < 4.78 is 46.2. The predicted molar refractivity (Wildman–Crippen MR) is 74.9 cm³/mol. The van der Waals surface area contributed by atoms with Crippen LogP contribution in [0.25, 0.3) is 0 Å². The number of halogens is 3. The van der Waals surface area contributed by atoms with E-state index in [4.69, 9.17) is 4.74 Å². The molecule has 1 unspecified atom stereocenters. The maximum atomic E-state index is 14.0. The largest absolute Gasteiger partial charge is 0.451 e. The molecule has 0 fully saturated rings. The van der Waals surface area contributed by atoms with Crippen molar-refractivity contribution in [1.29, 1.82) is 0 Å². The first-order valence-electron chi connectivity index (χ1n) is 6.68. The maximum Gasteiger partial charge on any atom is 0.201 e. The fourth-order valence-corrected chi connectivity index (χ4v) is 2.06. The Morgan fingerprint density at radius 2 is 1.71 bits per heavy atom. The second-order valence-electron chi connectivity index (χ2n) is 4.59. The molecule has 0 aromatic heterocycles. The first kappa shape index (κ1) is 15.4. The molecule has 0 aliphatic carbocycles. The number of hydrogen-bond donors (Lipinski definition) is 1. The van der Waals surface area contributed by atoms with Gasteiger partial charge in [0, 0.05) is 11.6 Å². The Bertz CT molecular complexity index is 631. The van der Waals surface area contributed by atoms with E-state index in [0.717, 1.165) is 6.07 Å². The van der Waals surface area contributed by atoms with Crippen LogP contribution in [0.15, 0.2) is 36.4 Å². The minimum absolute atomic E-state index is 0.101. The van der Waals surface area contributed by atoms with Gasteiger partial charge in [0.2, 0.25) is 5.82 Å². The van der Waals surface area contributed by atoms with Gasteiger partial charge in [0.05, 0.1) is 0 Å². The Kier molecular flexibility index (Phi) is 4.85. The van der Waals surface area contributed by atoms with Gasteiger partial charge in [-0.05, 0) is 31.7 Å². The summed E-state index contributed by atoms with van der Waals surface area (Å²) in [7, 11) is 0. The summed E-state index contributed by atoms with van der Waals surface area (Å²) >= 11 is 0. The van der Waals surface area contributed by atoms with Crippen molar-refractivity contribution in [3.05, 3.63) is 59.4 Å². The van der Waals surface area contributed by atoms with Crippen LogP contribution in [-0.4, -0.2) is 6.54 Å². The van der Waals surface area contributed by atoms with Crippen LogP contribution in [0, 0.1) is 17.5 Å². The topological polar surface area (TPSA) is 21.3 Å². The summed E-state index contributed by atoms with van der Waals surface area (Å²) in [4.78, 5) is 0. The van der Waals surface area contributed by atoms with Crippen molar-refractivity contribution in [2.45, 2.75) is 19.9 Å². The van der Waals surface area contributed by atoms with Gasteiger partial charge in [0.25, 0.3) is 0 Å². The van der Waals surface area contributed by atoms with E-state index < -0.39 is 17.5 Å². The summed E-state index contributed by atoms with van der Waals surface area (Å²) in [5.41, 5.74) is 0.542. The molecule has 0 saturated carbocycles. The molecule has 2 nitrogen and oxygen atoms in total. The molecule has 0 aliphatic rings. The number of benzene rings is 2. The van der Waals surface area contributed by atoms with Crippen LogP contribution in [0.4, 0.5) is 13.2 Å². The fourth-order valence-electron chi connectivity index (χ4n) is 2.06. The fraction of sp³-hybridized carbons (Fsp3) is 0.250. The number of ether oxygens (including phenoxy) is 1. The lowest BCUT2D eigenvalue weighted by Gasteiger charge is -2.18. The van der Waals surface area contributed by atoms with Gasteiger partial charge in [0.1, 0.15) is 0 Å². The molecule has 2 aromatic rings. The molecule has 0 saturated heterocycles. The Hall–Kier alpha value is -2.01. The number of para-hydroxylation sites is 1. The standard InChI is InChI=1S/C16H16F3NO/c1-3-20-10(2)11-6-4-8-13(18)16(11)21-14-9-5-7-12(17)15(14)19/h4-10,20H,3H2,1-2H3. The number of nitrogens with one attached hydrogen (secondary N) is 1. The third-order valence-electron chi connectivity index (χ3n) is 3.10. The van der Waals surface area contributed by atoms with Gasteiger partial charge < -0.3 is 10.1 Å². The lowest BCUT2D eigenvalue weighted by molar-refractivity contribution is 0.388. The molecule has 2 aromatic carbocycles. The molecule has 5 heteroatoms. The van der Waals surface area contributed by atoms with Crippen LogP contribution in [0.2, 0.25) is 0 Å². The van der Waals surface area contributed by atoms with Gasteiger partial charge >= 0.3 is 0 Å². The first-order valence-corrected chi connectivity index (χ1v) is 6.68. The van der Waals surface area contributed by atoms with Crippen LogP contribution in [0.5, 0.6) is 11.5 Å². The van der Waals surface area contributed by atoms with Crippen LogP contribution in [-0.2, 0) is 0 Å². The van der Waals surface area contributed by atoms with Gasteiger partial charge in [-0.15, -0.1) is 0 Å². The SMILES string of the molecule is CCNC(C)c1cccc(F)c1Oc1cccc(F)c1F. The summed E-state index contributed by atoms with van der Waals surface area (Å²) in [6, 6.07) is 7.81. The van der Waals surface area contributed by atoms with E-state index in [1.807, 2.05) is 13.8 Å². The number of rotatable bonds is 5. The van der Waals surface area contributed by atoms with Gasteiger partial charge in [-0.2, -0.15) is 4.39 Å². The zero-order valence-corrected chi connectivity index (χ0v) is 11.8. The van der Waals surface area contributed by atoms with Crippen molar-refractivity contribution < 1.29 is 17.9 Å². The molecule has 0 aliphatic heterocycles. The van der Waals surface area contributed by atoms with Crippen LogP contribution in [0.3, 0.4) is 0 Å². The molecule has 21 heavy (non-hydrogen) atoms. The molecule has 0 amide bonds. The molecule has 0 heterocycles. The number of hydrogen-bond acceptors (Lipinski definition) is 2. The molecular weight excluding hydrogens is 279 g/mol. The molecule has 0 radical (unpaired) electrons. The summed E-state index contributed by atoms with van der Waals surface area (Å²) in [6.07, 6.45) is 0. The van der Waals surface area contributed by atoms with E-state index >= 15 is 0 Å². The monoisotopic (exact) mass is 295 g/mol. The minimum atomic E-state index is -1.14. The third-order valence-corrected chi connectivity index (χ3v) is 3.10. The molecular formula is C16H16F3NO. The molecule has 1 N–H and O–H groups in total. The smallest absolute Gasteiger partial charge is 0.201 e. The Balaban J connectivity index is 2.41. The average Bonchev–Trinajstić information content (AvgIpc) is 2.46.